The van der Waals surface area contributed by atoms with Crippen LogP contribution in [-0.4, -0.2) is 11.5 Å². The highest BCUT2D eigenvalue weighted by atomic mass is 31.1. The number of para-hydroxylation sites is 1. The van der Waals surface area contributed by atoms with Crippen LogP contribution < -0.4 is 4.52 Å². The molecule has 1 aromatic carbocycles. The van der Waals surface area contributed by atoms with Crippen LogP contribution in [0, 0.1) is 0 Å². The molecule has 1 unspecified atom stereocenters. The molecule has 64 valence electrons. The van der Waals surface area contributed by atoms with Gasteiger partial charge in [-0.25, -0.2) is 4.52 Å². The number of hydrogen-bond donors (Lipinski definition) is 1. The van der Waals surface area contributed by atoms with Gasteiger partial charge in [-0.05, 0) is 12.1 Å². The van der Waals surface area contributed by atoms with Gasteiger partial charge in [-0.1, -0.05) is 18.2 Å². The molecule has 0 saturated heterocycles. The highest BCUT2D eigenvalue weighted by Gasteiger charge is 1.87. The van der Waals surface area contributed by atoms with E-state index in [4.69, 9.17) is 9.63 Å². The molecule has 0 bridgehead atoms. The van der Waals surface area contributed by atoms with Gasteiger partial charge < -0.3 is 9.63 Å². The van der Waals surface area contributed by atoms with E-state index in [1.54, 1.807) is 0 Å². The number of nitrogens with zero attached hydrogens (tertiary/aromatic N) is 1. The third-order valence-electron chi connectivity index (χ3n) is 1.08. The molecule has 12 heavy (non-hydrogen) atoms. The Morgan fingerprint density at radius 1 is 1.42 bits per heavy atom. The summed E-state index contributed by atoms with van der Waals surface area (Å²) in [5, 5.41) is 8.41. The quantitative estimate of drug-likeness (QED) is 0.760. The van der Waals surface area contributed by atoms with E-state index in [2.05, 4.69) is 4.52 Å². The first kappa shape index (κ1) is 9.60. The van der Waals surface area contributed by atoms with Gasteiger partial charge in [0, 0.05) is 8.37 Å². The maximum Gasteiger partial charge on any atom is 0.200 e. The number of aliphatic hydroxyl groups is 1. The monoisotopic (exact) mass is 201 g/mol. The Hall–Kier alpha value is -0.490. The van der Waals surface area contributed by atoms with E-state index >= 15 is 0 Å². The molecule has 0 fully saturated rings. The van der Waals surface area contributed by atoms with Gasteiger partial charge in [-0.15, -0.1) is 0 Å². The lowest BCUT2D eigenvalue weighted by molar-refractivity contribution is 0.373. The maximum atomic E-state index is 8.41. The molecule has 1 N–H and O–H groups in total. The second kappa shape index (κ2) is 6.07. The molecule has 0 aliphatic carbocycles. The van der Waals surface area contributed by atoms with Crippen LogP contribution in [0.1, 0.15) is 0 Å². The van der Waals surface area contributed by atoms with Gasteiger partial charge in [0.25, 0.3) is 0 Å². The third-order valence-corrected chi connectivity index (χ3v) is 2.43. The van der Waals surface area contributed by atoms with Gasteiger partial charge in [0.05, 0.1) is 0 Å². The lowest BCUT2D eigenvalue weighted by Gasteiger charge is -1.98. The number of rotatable bonds is 4. The molecule has 5 heteroatoms. The summed E-state index contributed by atoms with van der Waals surface area (Å²) in [4.78, 5) is 0. The zero-order chi connectivity index (χ0) is 8.65. The minimum atomic E-state index is 0.0607. The van der Waals surface area contributed by atoms with E-state index in [-0.39, 0.29) is 15.3 Å². The van der Waals surface area contributed by atoms with Gasteiger partial charge >= 0.3 is 0 Å². The summed E-state index contributed by atoms with van der Waals surface area (Å²) in [6, 6.07) is 9.49. The molecule has 0 aliphatic rings. The van der Waals surface area contributed by atoms with Crippen molar-refractivity contribution < 1.29 is 9.63 Å². The maximum absolute atomic E-state index is 8.41. The Balaban J connectivity index is 2.29. The van der Waals surface area contributed by atoms with Gasteiger partial charge in [-0.2, -0.15) is 0 Å². The van der Waals surface area contributed by atoms with E-state index < -0.39 is 0 Å². The van der Waals surface area contributed by atoms with Gasteiger partial charge in [0.2, 0.25) is 8.96 Å². The Morgan fingerprint density at radius 2 is 2.17 bits per heavy atom. The third kappa shape index (κ3) is 3.77. The minimum Gasteiger partial charge on any atom is -0.454 e. The summed E-state index contributed by atoms with van der Waals surface area (Å²) in [6.07, 6.45) is 0.0607. The van der Waals surface area contributed by atoms with E-state index in [0.717, 1.165) is 5.75 Å². The van der Waals surface area contributed by atoms with E-state index in [0.29, 0.717) is 8.37 Å². The van der Waals surface area contributed by atoms with Crippen molar-refractivity contribution in [3.8, 4) is 5.75 Å². The molecule has 1 aromatic rings. The van der Waals surface area contributed by atoms with Crippen LogP contribution in [0.3, 0.4) is 0 Å². The molecule has 0 amide bonds. The Morgan fingerprint density at radius 3 is 2.83 bits per heavy atom. The van der Waals surface area contributed by atoms with Crippen molar-refractivity contribution in [3.63, 3.8) is 0 Å². The fraction of sp³-hybridized carbons (Fsp3) is 0.143. The average Bonchev–Trinajstić information content (AvgIpc) is 2.14. The lowest BCUT2D eigenvalue weighted by Crippen LogP contribution is -1.73. The van der Waals surface area contributed by atoms with Crippen LogP contribution in [-0.2, 0) is 0 Å². The first-order chi connectivity index (χ1) is 5.93. The molecule has 3 nitrogen and oxygen atoms in total. The standard InChI is InChI=1S/C7H9NO2P2/c9-6-11-8-12-10-7-4-2-1-3-5-7/h1-5,9,12H,6H2. The van der Waals surface area contributed by atoms with Crippen LogP contribution in [0.15, 0.2) is 34.8 Å². The van der Waals surface area contributed by atoms with E-state index in [1.165, 1.54) is 0 Å². The normalized spacial score (nSPS) is 11.4. The molecule has 0 heterocycles. The summed E-state index contributed by atoms with van der Waals surface area (Å²) in [5.41, 5.74) is 0. The molecular formula is C7H9NO2P2. The average molecular weight is 201 g/mol. The zero-order valence-electron chi connectivity index (χ0n) is 6.34. The second-order valence-corrected chi connectivity index (χ2v) is 3.64. The van der Waals surface area contributed by atoms with Crippen molar-refractivity contribution in [2.45, 2.75) is 0 Å². The molecule has 0 spiro atoms. The van der Waals surface area contributed by atoms with Crippen molar-refractivity contribution >= 4 is 17.3 Å². The first-order valence-corrected chi connectivity index (χ1v) is 5.26. The minimum absolute atomic E-state index is 0.0607. The highest BCUT2D eigenvalue weighted by molar-refractivity contribution is 7.41. The molecule has 0 saturated carbocycles. The predicted molar refractivity (Wildman–Crippen MR) is 51.8 cm³/mol. The molecule has 0 aromatic heterocycles. The van der Waals surface area contributed by atoms with Gasteiger partial charge in [-0.3, -0.25) is 0 Å². The van der Waals surface area contributed by atoms with Crippen LogP contribution in [0.5, 0.6) is 5.75 Å². The van der Waals surface area contributed by atoms with Crippen molar-refractivity contribution in [2.75, 3.05) is 6.35 Å². The number of benzene rings is 1. The fourth-order valence-corrected chi connectivity index (χ4v) is 1.51. The molecule has 1 rings (SSSR count). The zero-order valence-corrected chi connectivity index (χ0v) is 8.24. The van der Waals surface area contributed by atoms with Crippen molar-refractivity contribution in [1.82, 2.24) is 0 Å². The van der Waals surface area contributed by atoms with Crippen LogP contribution >= 0.6 is 17.3 Å². The summed E-state index contributed by atoms with van der Waals surface area (Å²) in [5.74, 6) is 0.813. The molecule has 0 radical (unpaired) electrons. The van der Waals surface area contributed by atoms with Crippen LogP contribution in [0.25, 0.3) is 0 Å². The topological polar surface area (TPSA) is 41.8 Å². The molecule has 1 atom stereocenters. The van der Waals surface area contributed by atoms with Crippen LogP contribution in [0.4, 0.5) is 0 Å². The van der Waals surface area contributed by atoms with Gasteiger partial charge in [0.15, 0.2) is 0 Å². The summed E-state index contributed by atoms with van der Waals surface area (Å²) >= 11 is 0. The Bertz CT molecular complexity index is 240. The molecular weight excluding hydrogens is 192 g/mol. The van der Waals surface area contributed by atoms with E-state index in [9.17, 15) is 0 Å². The summed E-state index contributed by atoms with van der Waals surface area (Å²) in [6.45, 7) is 0. The predicted octanol–water partition coefficient (Wildman–Crippen LogP) is 2.65. The van der Waals surface area contributed by atoms with Crippen molar-refractivity contribution in [3.05, 3.63) is 30.3 Å². The Labute approximate surface area is 74.6 Å². The summed E-state index contributed by atoms with van der Waals surface area (Å²) in [7, 11) is 0.734. The SMILES string of the molecule is OCP=NPOc1ccccc1. The van der Waals surface area contributed by atoms with Gasteiger partial charge in [0.1, 0.15) is 12.1 Å². The van der Waals surface area contributed by atoms with Crippen molar-refractivity contribution in [2.24, 2.45) is 4.52 Å². The Kier molecular flexibility index (Phi) is 4.86. The lowest BCUT2D eigenvalue weighted by atomic mass is 10.3. The van der Waals surface area contributed by atoms with Crippen LogP contribution in [0.2, 0.25) is 0 Å². The molecule has 0 aliphatic heterocycles. The largest absolute Gasteiger partial charge is 0.454 e. The fourth-order valence-electron chi connectivity index (χ4n) is 0.622. The smallest absolute Gasteiger partial charge is 0.200 e. The number of aliphatic hydroxyl groups excluding tert-OH is 1. The number of hydrogen-bond acceptors (Lipinski definition) is 3. The first-order valence-electron chi connectivity index (χ1n) is 3.37. The van der Waals surface area contributed by atoms with Crippen molar-refractivity contribution in [1.29, 1.82) is 0 Å². The second-order valence-electron chi connectivity index (χ2n) is 1.89. The summed E-state index contributed by atoms with van der Waals surface area (Å²) < 4.78 is 9.16. The van der Waals surface area contributed by atoms with E-state index in [1.807, 2.05) is 30.3 Å². The highest BCUT2D eigenvalue weighted by Crippen LogP contribution is 2.23.